The van der Waals surface area contributed by atoms with Crippen LogP contribution in [0.25, 0.3) is 0 Å². The first-order valence-electron chi connectivity index (χ1n) is 8.44. The molecule has 0 fully saturated rings. The van der Waals surface area contributed by atoms with Crippen LogP contribution in [0.3, 0.4) is 0 Å². The molecule has 2 N–H and O–H groups in total. The molecular weight excluding hydrogens is 288 g/mol. The minimum absolute atomic E-state index is 0.285. The number of nitrogens with one attached hydrogen (secondary N) is 2. The number of para-hydroxylation sites is 1. The highest BCUT2D eigenvalue weighted by Crippen LogP contribution is 2.23. The summed E-state index contributed by atoms with van der Waals surface area (Å²) in [5, 5.41) is 5.42. The molecule has 1 aliphatic rings. The fourth-order valence-electron chi connectivity index (χ4n) is 2.84. The van der Waals surface area contributed by atoms with Crippen molar-refractivity contribution in [1.29, 1.82) is 0 Å². The van der Waals surface area contributed by atoms with Gasteiger partial charge in [0.1, 0.15) is 0 Å². The van der Waals surface area contributed by atoms with E-state index in [4.69, 9.17) is 0 Å². The van der Waals surface area contributed by atoms with E-state index in [1.165, 1.54) is 18.4 Å². The van der Waals surface area contributed by atoms with Crippen LogP contribution in [0.1, 0.15) is 57.4 Å². The first kappa shape index (κ1) is 17.3. The van der Waals surface area contributed by atoms with Gasteiger partial charge in [0.05, 0.1) is 0 Å². The molecule has 0 saturated heterocycles. The zero-order valence-corrected chi connectivity index (χ0v) is 14.0. The third-order valence-corrected chi connectivity index (χ3v) is 4.15. The average molecular weight is 314 g/mol. The van der Waals surface area contributed by atoms with Crippen molar-refractivity contribution < 1.29 is 9.59 Å². The van der Waals surface area contributed by atoms with Gasteiger partial charge in [-0.3, -0.25) is 9.59 Å². The summed E-state index contributed by atoms with van der Waals surface area (Å²) in [4.78, 5) is 24.0. The fraction of sp³-hybridized carbons (Fsp3) is 0.474. The summed E-state index contributed by atoms with van der Waals surface area (Å²) >= 11 is 0. The SMILES string of the molecule is CC(C)c1ccccc1NC(=O)C(=O)NCCC1=CCCCC1. The lowest BCUT2D eigenvalue weighted by atomic mass is 9.97. The lowest BCUT2D eigenvalue weighted by Gasteiger charge is -2.14. The lowest BCUT2D eigenvalue weighted by molar-refractivity contribution is -0.136. The number of amides is 2. The number of hydrogen-bond donors (Lipinski definition) is 2. The van der Waals surface area contributed by atoms with Crippen molar-refractivity contribution in [3.63, 3.8) is 0 Å². The van der Waals surface area contributed by atoms with Crippen LogP contribution < -0.4 is 10.6 Å². The van der Waals surface area contributed by atoms with Crippen molar-refractivity contribution in [3.8, 4) is 0 Å². The van der Waals surface area contributed by atoms with Gasteiger partial charge >= 0.3 is 11.8 Å². The summed E-state index contributed by atoms with van der Waals surface area (Å²) in [5.74, 6) is -0.886. The third-order valence-electron chi connectivity index (χ3n) is 4.15. The molecule has 2 amide bonds. The van der Waals surface area contributed by atoms with Crippen molar-refractivity contribution in [2.75, 3.05) is 11.9 Å². The van der Waals surface area contributed by atoms with Gasteiger partial charge in [0.25, 0.3) is 0 Å². The van der Waals surface area contributed by atoms with Crippen LogP contribution in [0.2, 0.25) is 0 Å². The summed E-state index contributed by atoms with van der Waals surface area (Å²) in [6, 6.07) is 7.58. The Morgan fingerprint density at radius 3 is 2.61 bits per heavy atom. The van der Waals surface area contributed by atoms with Gasteiger partial charge in [0, 0.05) is 12.2 Å². The molecule has 0 bridgehead atoms. The van der Waals surface area contributed by atoms with E-state index in [0.717, 1.165) is 24.8 Å². The third kappa shape index (κ3) is 5.23. The number of carbonyl (C=O) groups is 2. The number of rotatable bonds is 5. The van der Waals surface area contributed by atoms with Gasteiger partial charge in [-0.15, -0.1) is 0 Å². The van der Waals surface area contributed by atoms with E-state index in [1.54, 1.807) is 0 Å². The van der Waals surface area contributed by atoms with Gasteiger partial charge in [-0.2, -0.15) is 0 Å². The minimum Gasteiger partial charge on any atom is -0.348 e. The predicted molar refractivity (Wildman–Crippen MR) is 93.3 cm³/mol. The Labute approximate surface area is 138 Å². The zero-order chi connectivity index (χ0) is 16.7. The van der Waals surface area contributed by atoms with Gasteiger partial charge < -0.3 is 10.6 Å². The maximum Gasteiger partial charge on any atom is 0.313 e. The van der Waals surface area contributed by atoms with E-state index < -0.39 is 11.8 Å². The molecule has 0 unspecified atom stereocenters. The molecule has 0 aromatic heterocycles. The Morgan fingerprint density at radius 1 is 1.13 bits per heavy atom. The molecule has 0 saturated carbocycles. The lowest BCUT2D eigenvalue weighted by Crippen LogP contribution is -2.36. The molecular formula is C19H26N2O2. The second kappa shape index (κ2) is 8.51. The highest BCUT2D eigenvalue weighted by atomic mass is 16.2. The molecule has 0 spiro atoms. The van der Waals surface area contributed by atoms with Crippen LogP contribution >= 0.6 is 0 Å². The summed E-state index contributed by atoms with van der Waals surface area (Å²) in [6.07, 6.45) is 7.83. The second-order valence-corrected chi connectivity index (χ2v) is 6.31. The van der Waals surface area contributed by atoms with Gasteiger partial charge in [-0.25, -0.2) is 0 Å². The number of benzene rings is 1. The molecule has 1 aliphatic carbocycles. The van der Waals surface area contributed by atoms with Gasteiger partial charge in [0.2, 0.25) is 0 Å². The second-order valence-electron chi connectivity index (χ2n) is 6.31. The monoisotopic (exact) mass is 314 g/mol. The van der Waals surface area contributed by atoms with E-state index in [2.05, 4.69) is 30.6 Å². The zero-order valence-electron chi connectivity index (χ0n) is 14.0. The Hall–Kier alpha value is -2.10. The van der Waals surface area contributed by atoms with Crippen molar-refractivity contribution in [2.24, 2.45) is 0 Å². The normalized spacial score (nSPS) is 14.3. The molecule has 2 rings (SSSR count). The Kier molecular flexibility index (Phi) is 6.39. The van der Waals surface area contributed by atoms with E-state index in [9.17, 15) is 9.59 Å². The van der Waals surface area contributed by atoms with Crippen LogP contribution in [0.15, 0.2) is 35.9 Å². The smallest absolute Gasteiger partial charge is 0.313 e. The van der Waals surface area contributed by atoms with Crippen molar-refractivity contribution in [3.05, 3.63) is 41.5 Å². The van der Waals surface area contributed by atoms with Crippen molar-refractivity contribution in [1.82, 2.24) is 5.32 Å². The molecule has 0 atom stereocenters. The quantitative estimate of drug-likeness (QED) is 0.642. The highest BCUT2D eigenvalue weighted by Gasteiger charge is 2.16. The first-order chi connectivity index (χ1) is 11.1. The Bertz CT molecular complexity index is 591. The van der Waals surface area contributed by atoms with Crippen LogP contribution in [0, 0.1) is 0 Å². The van der Waals surface area contributed by atoms with Crippen LogP contribution in [-0.4, -0.2) is 18.4 Å². The largest absolute Gasteiger partial charge is 0.348 e. The van der Waals surface area contributed by atoms with E-state index in [0.29, 0.717) is 12.2 Å². The Balaban J connectivity index is 1.83. The summed E-state index contributed by atoms with van der Waals surface area (Å²) in [5.41, 5.74) is 3.13. The topological polar surface area (TPSA) is 58.2 Å². The van der Waals surface area contributed by atoms with Crippen LogP contribution in [-0.2, 0) is 9.59 Å². The number of allylic oxidation sites excluding steroid dienone is 1. The van der Waals surface area contributed by atoms with E-state index in [-0.39, 0.29) is 5.92 Å². The van der Waals surface area contributed by atoms with Gasteiger partial charge in [-0.1, -0.05) is 43.7 Å². The maximum absolute atomic E-state index is 12.0. The minimum atomic E-state index is -0.601. The van der Waals surface area contributed by atoms with Crippen LogP contribution in [0.5, 0.6) is 0 Å². The molecule has 23 heavy (non-hydrogen) atoms. The maximum atomic E-state index is 12.0. The number of anilines is 1. The standard InChI is InChI=1S/C19H26N2O2/c1-14(2)16-10-6-7-11-17(16)21-19(23)18(22)20-13-12-15-8-4-3-5-9-15/h6-8,10-11,14H,3-5,9,12-13H2,1-2H3,(H,20,22)(H,21,23). The summed E-state index contributed by atoms with van der Waals surface area (Å²) in [6.45, 7) is 4.63. The van der Waals surface area contributed by atoms with E-state index in [1.807, 2.05) is 24.3 Å². The number of carbonyl (C=O) groups excluding carboxylic acids is 2. The van der Waals surface area contributed by atoms with Gasteiger partial charge in [0.15, 0.2) is 0 Å². The molecule has 1 aromatic rings. The molecule has 4 heteroatoms. The molecule has 0 heterocycles. The van der Waals surface area contributed by atoms with Gasteiger partial charge in [-0.05, 0) is 49.7 Å². The molecule has 1 aromatic carbocycles. The molecule has 4 nitrogen and oxygen atoms in total. The fourth-order valence-corrected chi connectivity index (χ4v) is 2.84. The number of hydrogen-bond acceptors (Lipinski definition) is 2. The summed E-state index contributed by atoms with van der Waals surface area (Å²) in [7, 11) is 0. The van der Waals surface area contributed by atoms with E-state index >= 15 is 0 Å². The van der Waals surface area contributed by atoms with Crippen molar-refractivity contribution >= 4 is 17.5 Å². The average Bonchev–Trinajstić information content (AvgIpc) is 2.56. The van der Waals surface area contributed by atoms with Crippen molar-refractivity contribution in [2.45, 2.75) is 51.9 Å². The highest BCUT2D eigenvalue weighted by molar-refractivity contribution is 6.39. The molecule has 0 aliphatic heterocycles. The Morgan fingerprint density at radius 2 is 1.91 bits per heavy atom. The predicted octanol–water partition coefficient (Wildman–Crippen LogP) is 3.76. The molecule has 124 valence electrons. The summed E-state index contributed by atoms with van der Waals surface area (Å²) < 4.78 is 0. The first-order valence-corrected chi connectivity index (χ1v) is 8.44. The van der Waals surface area contributed by atoms with Crippen LogP contribution in [0.4, 0.5) is 5.69 Å². The molecule has 0 radical (unpaired) electrons.